The molecule has 0 radical (unpaired) electrons. The Labute approximate surface area is 161 Å². The van der Waals surface area contributed by atoms with Crippen molar-refractivity contribution in [3.05, 3.63) is 10.6 Å². The number of fused-ring (bicyclic) bond motifs is 1. The first kappa shape index (κ1) is 19.5. The molecule has 0 bridgehead atoms. The van der Waals surface area contributed by atoms with E-state index in [4.69, 9.17) is 4.74 Å². The summed E-state index contributed by atoms with van der Waals surface area (Å²) in [6.07, 6.45) is 3.27. The van der Waals surface area contributed by atoms with E-state index >= 15 is 0 Å². The van der Waals surface area contributed by atoms with Gasteiger partial charge in [-0.2, -0.15) is 0 Å². The van der Waals surface area contributed by atoms with Gasteiger partial charge in [0, 0.05) is 0 Å². The Balaban J connectivity index is 1.71. The van der Waals surface area contributed by atoms with Gasteiger partial charge in [0.1, 0.15) is 10.9 Å². The van der Waals surface area contributed by atoms with Crippen molar-refractivity contribution in [2.75, 3.05) is 11.9 Å². The van der Waals surface area contributed by atoms with Gasteiger partial charge in [-0.1, -0.05) is 24.2 Å². The van der Waals surface area contributed by atoms with E-state index in [-0.39, 0.29) is 35.4 Å². The molecule has 1 aromatic rings. The van der Waals surface area contributed by atoms with Gasteiger partial charge >= 0.3 is 5.97 Å². The Kier molecular flexibility index (Phi) is 5.59. The van der Waals surface area contributed by atoms with Crippen LogP contribution in [0.15, 0.2) is 0 Å². The topological polar surface area (TPSA) is 106 Å². The van der Waals surface area contributed by atoms with Gasteiger partial charge in [0.15, 0.2) is 5.13 Å². The number of thiazole rings is 1. The molecule has 1 saturated carbocycles. The summed E-state index contributed by atoms with van der Waals surface area (Å²) in [6.45, 7) is 5.14. The normalized spacial score (nSPS) is 23.1. The number of likely N-dealkylation sites (tertiary alicyclic amines) is 1. The largest absolute Gasteiger partial charge is 0.462 e. The van der Waals surface area contributed by atoms with Crippen LogP contribution in [-0.4, -0.2) is 46.2 Å². The SMILES string of the molecule is CCOC(=O)c1sc(NC(=O)[C@H](C)N2C(=O)[C@H]3CCCC[C@H]3C2=O)nc1C. The lowest BCUT2D eigenvalue weighted by Gasteiger charge is -2.21. The quantitative estimate of drug-likeness (QED) is 0.607. The fraction of sp³-hybridized carbons (Fsp3) is 0.611. The number of nitrogens with zero attached hydrogens (tertiary/aromatic N) is 2. The minimum Gasteiger partial charge on any atom is -0.462 e. The smallest absolute Gasteiger partial charge is 0.350 e. The van der Waals surface area contributed by atoms with Crippen LogP contribution >= 0.6 is 11.3 Å². The van der Waals surface area contributed by atoms with Gasteiger partial charge < -0.3 is 10.1 Å². The predicted octanol–water partition coefficient (Wildman–Crippen LogP) is 2.13. The maximum atomic E-state index is 12.6. The maximum Gasteiger partial charge on any atom is 0.350 e. The van der Waals surface area contributed by atoms with Crippen LogP contribution in [0.25, 0.3) is 0 Å². The van der Waals surface area contributed by atoms with Crippen molar-refractivity contribution in [2.24, 2.45) is 11.8 Å². The van der Waals surface area contributed by atoms with Gasteiger partial charge in [0.05, 0.1) is 24.1 Å². The summed E-state index contributed by atoms with van der Waals surface area (Å²) in [7, 11) is 0. The number of esters is 1. The van der Waals surface area contributed by atoms with E-state index in [1.165, 1.54) is 6.92 Å². The molecule has 1 aliphatic heterocycles. The Bertz CT molecular complexity index is 766. The highest BCUT2D eigenvalue weighted by atomic mass is 32.1. The summed E-state index contributed by atoms with van der Waals surface area (Å²) in [4.78, 5) is 55.3. The van der Waals surface area contributed by atoms with E-state index < -0.39 is 17.9 Å². The molecule has 9 heteroatoms. The number of nitrogens with one attached hydrogen (secondary N) is 1. The van der Waals surface area contributed by atoms with Crippen molar-refractivity contribution in [3.63, 3.8) is 0 Å². The first-order valence-electron chi connectivity index (χ1n) is 9.17. The maximum absolute atomic E-state index is 12.6. The first-order valence-corrected chi connectivity index (χ1v) is 9.99. The zero-order valence-electron chi connectivity index (χ0n) is 15.6. The fourth-order valence-corrected chi connectivity index (χ4v) is 4.60. The second kappa shape index (κ2) is 7.75. The highest BCUT2D eigenvalue weighted by Gasteiger charge is 2.50. The highest BCUT2D eigenvalue weighted by Crippen LogP contribution is 2.39. The summed E-state index contributed by atoms with van der Waals surface area (Å²) in [6, 6.07) is -0.925. The number of hydrogen-bond donors (Lipinski definition) is 1. The van der Waals surface area contributed by atoms with Crippen LogP contribution < -0.4 is 5.32 Å². The molecule has 0 spiro atoms. The van der Waals surface area contributed by atoms with E-state index in [2.05, 4.69) is 10.3 Å². The lowest BCUT2D eigenvalue weighted by molar-refractivity contribution is -0.146. The third-order valence-electron chi connectivity index (χ3n) is 5.13. The zero-order chi connectivity index (χ0) is 19.7. The molecule has 3 atom stereocenters. The van der Waals surface area contributed by atoms with Gasteiger partial charge in [0.2, 0.25) is 17.7 Å². The van der Waals surface area contributed by atoms with Crippen LogP contribution in [0.5, 0.6) is 0 Å². The molecule has 8 nitrogen and oxygen atoms in total. The third kappa shape index (κ3) is 3.60. The van der Waals surface area contributed by atoms with Crippen LogP contribution in [-0.2, 0) is 19.1 Å². The van der Waals surface area contributed by atoms with Gasteiger partial charge in [-0.15, -0.1) is 0 Å². The number of amides is 3. The summed E-state index contributed by atoms with van der Waals surface area (Å²) in [5, 5.41) is 2.85. The molecule has 2 fully saturated rings. The number of aryl methyl sites for hydroxylation is 1. The molecule has 2 heterocycles. The van der Waals surface area contributed by atoms with Crippen molar-refractivity contribution in [3.8, 4) is 0 Å². The number of ether oxygens (including phenoxy) is 1. The molecule has 3 rings (SSSR count). The molecule has 1 N–H and O–H groups in total. The number of anilines is 1. The predicted molar refractivity (Wildman–Crippen MR) is 98.2 cm³/mol. The van der Waals surface area contributed by atoms with E-state index in [0.717, 1.165) is 29.1 Å². The minimum atomic E-state index is -0.925. The molecule has 0 aromatic carbocycles. The number of hydrogen-bond acceptors (Lipinski definition) is 7. The highest BCUT2D eigenvalue weighted by molar-refractivity contribution is 7.17. The lowest BCUT2D eigenvalue weighted by Crippen LogP contribution is -2.46. The van der Waals surface area contributed by atoms with E-state index in [0.29, 0.717) is 23.4 Å². The Morgan fingerprint density at radius 3 is 2.41 bits per heavy atom. The van der Waals surface area contributed by atoms with Crippen LogP contribution in [0.2, 0.25) is 0 Å². The molecule has 2 aliphatic rings. The Hall–Kier alpha value is -2.29. The van der Waals surface area contributed by atoms with Crippen molar-refractivity contribution < 1.29 is 23.9 Å². The van der Waals surface area contributed by atoms with Crippen LogP contribution in [0.1, 0.15) is 54.9 Å². The van der Waals surface area contributed by atoms with Gasteiger partial charge in [-0.25, -0.2) is 9.78 Å². The van der Waals surface area contributed by atoms with Crippen LogP contribution in [0, 0.1) is 18.8 Å². The van der Waals surface area contributed by atoms with Gasteiger partial charge in [-0.05, 0) is 33.6 Å². The first-order chi connectivity index (χ1) is 12.8. The van der Waals surface area contributed by atoms with E-state index in [1.807, 2.05) is 0 Å². The van der Waals surface area contributed by atoms with Crippen molar-refractivity contribution in [2.45, 2.75) is 52.5 Å². The fourth-order valence-electron chi connectivity index (χ4n) is 3.73. The Morgan fingerprint density at radius 1 is 1.26 bits per heavy atom. The Morgan fingerprint density at radius 2 is 1.85 bits per heavy atom. The number of carbonyl (C=O) groups excluding carboxylic acids is 4. The zero-order valence-corrected chi connectivity index (χ0v) is 16.4. The average molecular weight is 393 g/mol. The summed E-state index contributed by atoms with van der Waals surface area (Å²) < 4.78 is 4.96. The van der Waals surface area contributed by atoms with Gasteiger partial charge in [0.25, 0.3) is 0 Å². The molecule has 3 amide bonds. The van der Waals surface area contributed by atoms with Crippen molar-refractivity contribution >= 4 is 40.2 Å². The van der Waals surface area contributed by atoms with E-state index in [1.54, 1.807) is 13.8 Å². The minimum absolute atomic E-state index is 0.240. The van der Waals surface area contributed by atoms with Crippen molar-refractivity contribution in [1.82, 2.24) is 9.88 Å². The lowest BCUT2D eigenvalue weighted by atomic mass is 9.81. The number of aromatic nitrogens is 1. The monoisotopic (exact) mass is 393 g/mol. The summed E-state index contributed by atoms with van der Waals surface area (Å²) >= 11 is 1.01. The van der Waals surface area contributed by atoms with Gasteiger partial charge in [-0.3, -0.25) is 19.3 Å². The molecular formula is C18H23N3O5S. The second-order valence-corrected chi connectivity index (χ2v) is 7.86. The summed E-state index contributed by atoms with van der Waals surface area (Å²) in [5.74, 6) is -2.09. The summed E-state index contributed by atoms with van der Waals surface area (Å²) in [5.41, 5.74) is 0.459. The molecule has 1 aromatic heterocycles. The van der Waals surface area contributed by atoms with E-state index in [9.17, 15) is 19.2 Å². The average Bonchev–Trinajstić information content (AvgIpc) is 3.13. The molecule has 1 saturated heterocycles. The number of imide groups is 1. The van der Waals surface area contributed by atoms with Crippen molar-refractivity contribution in [1.29, 1.82) is 0 Å². The molecule has 27 heavy (non-hydrogen) atoms. The molecular weight excluding hydrogens is 370 g/mol. The van der Waals surface area contributed by atoms with Crippen LogP contribution in [0.3, 0.4) is 0 Å². The number of rotatable bonds is 5. The standard InChI is InChI=1S/C18H23N3O5S/c1-4-26-17(25)13-9(2)19-18(27-13)20-14(22)10(3)21-15(23)11-7-5-6-8-12(11)16(21)24/h10-12H,4-8H2,1-3H3,(H,19,20,22)/t10-,11-,12+/m0/s1. The molecule has 0 unspecified atom stereocenters. The van der Waals surface area contributed by atoms with Crippen LogP contribution in [0.4, 0.5) is 5.13 Å². The molecule has 146 valence electrons. The second-order valence-electron chi connectivity index (χ2n) is 6.86. The third-order valence-corrected chi connectivity index (χ3v) is 6.18. The molecule has 1 aliphatic carbocycles. The number of carbonyl (C=O) groups is 4.